The van der Waals surface area contributed by atoms with Gasteiger partial charge in [0.1, 0.15) is 0 Å². The fourth-order valence-corrected chi connectivity index (χ4v) is 2.39. The van der Waals surface area contributed by atoms with Crippen molar-refractivity contribution in [3.63, 3.8) is 0 Å². The number of carbonyl (C=O) groups is 1. The third kappa shape index (κ3) is 1.97. The van der Waals surface area contributed by atoms with Crippen LogP contribution >= 0.6 is 0 Å². The van der Waals surface area contributed by atoms with E-state index in [0.29, 0.717) is 6.67 Å². The quantitative estimate of drug-likeness (QED) is 0.778. The molecular formula is C16H16N2O. The van der Waals surface area contributed by atoms with Gasteiger partial charge in [-0.2, -0.15) is 0 Å². The molecule has 2 aromatic carbocycles. The van der Waals surface area contributed by atoms with Gasteiger partial charge in [0.15, 0.2) is 0 Å². The molecule has 3 nitrogen and oxygen atoms in total. The Hall–Kier alpha value is -2.29. The zero-order chi connectivity index (χ0) is 13.4. The summed E-state index contributed by atoms with van der Waals surface area (Å²) in [6.07, 6.45) is 0. The molecule has 0 saturated heterocycles. The van der Waals surface area contributed by atoms with Gasteiger partial charge >= 0.3 is 0 Å². The van der Waals surface area contributed by atoms with Crippen molar-refractivity contribution in [2.45, 2.75) is 6.92 Å². The van der Waals surface area contributed by atoms with Gasteiger partial charge in [0, 0.05) is 12.7 Å². The van der Waals surface area contributed by atoms with Crippen LogP contribution in [0.15, 0.2) is 48.5 Å². The molecular weight excluding hydrogens is 236 g/mol. The van der Waals surface area contributed by atoms with Crippen LogP contribution in [0.4, 0.5) is 11.4 Å². The predicted molar refractivity (Wildman–Crippen MR) is 76.7 cm³/mol. The third-order valence-corrected chi connectivity index (χ3v) is 3.47. The summed E-state index contributed by atoms with van der Waals surface area (Å²) in [5, 5.41) is 0. The Morgan fingerprint density at radius 3 is 2.42 bits per heavy atom. The van der Waals surface area contributed by atoms with E-state index in [2.05, 4.69) is 36.1 Å². The highest BCUT2D eigenvalue weighted by Gasteiger charge is 2.27. The van der Waals surface area contributed by atoms with Crippen LogP contribution in [0.1, 0.15) is 15.9 Å². The number of nitrogens with zero attached hydrogens (tertiary/aromatic N) is 2. The van der Waals surface area contributed by atoms with Gasteiger partial charge in [-0.25, -0.2) is 0 Å². The van der Waals surface area contributed by atoms with E-state index in [9.17, 15) is 4.79 Å². The van der Waals surface area contributed by atoms with E-state index in [0.717, 1.165) is 16.9 Å². The predicted octanol–water partition coefficient (Wildman–Crippen LogP) is 3.18. The third-order valence-electron chi connectivity index (χ3n) is 3.47. The van der Waals surface area contributed by atoms with E-state index < -0.39 is 0 Å². The molecule has 0 atom stereocenters. The summed E-state index contributed by atoms with van der Waals surface area (Å²) in [6, 6.07) is 16.1. The van der Waals surface area contributed by atoms with Gasteiger partial charge in [0.2, 0.25) is 0 Å². The summed E-state index contributed by atoms with van der Waals surface area (Å²) in [7, 11) is 1.83. The summed E-state index contributed by atoms with van der Waals surface area (Å²) in [5.74, 6) is 0.0824. The van der Waals surface area contributed by atoms with Gasteiger partial charge in [-0.3, -0.25) is 4.79 Å². The second-order valence-corrected chi connectivity index (χ2v) is 4.93. The maximum Gasteiger partial charge on any atom is 0.257 e. The number of aryl methyl sites for hydroxylation is 1. The van der Waals surface area contributed by atoms with Gasteiger partial charge in [-0.05, 0) is 31.2 Å². The van der Waals surface area contributed by atoms with Crippen LogP contribution in [0.3, 0.4) is 0 Å². The highest BCUT2D eigenvalue weighted by molar-refractivity contribution is 6.02. The molecule has 19 heavy (non-hydrogen) atoms. The van der Waals surface area contributed by atoms with Crippen LogP contribution < -0.4 is 4.90 Å². The summed E-state index contributed by atoms with van der Waals surface area (Å²) >= 11 is 0. The Kier molecular flexibility index (Phi) is 2.75. The summed E-state index contributed by atoms with van der Waals surface area (Å²) < 4.78 is 0. The minimum absolute atomic E-state index is 0.0824. The lowest BCUT2D eigenvalue weighted by Crippen LogP contribution is -2.42. The van der Waals surface area contributed by atoms with Crippen LogP contribution in [0.25, 0.3) is 0 Å². The first-order valence-corrected chi connectivity index (χ1v) is 6.35. The van der Waals surface area contributed by atoms with Gasteiger partial charge < -0.3 is 9.80 Å². The average molecular weight is 252 g/mol. The Balaban J connectivity index is 2.10. The Morgan fingerprint density at radius 2 is 1.68 bits per heavy atom. The van der Waals surface area contributed by atoms with Gasteiger partial charge in [0.05, 0.1) is 17.9 Å². The largest absolute Gasteiger partial charge is 0.324 e. The highest BCUT2D eigenvalue weighted by Crippen LogP contribution is 2.32. The van der Waals surface area contributed by atoms with Gasteiger partial charge in [0.25, 0.3) is 5.91 Å². The van der Waals surface area contributed by atoms with Crippen LogP contribution in [0, 0.1) is 6.92 Å². The molecule has 0 radical (unpaired) electrons. The molecule has 0 unspecified atom stereocenters. The second-order valence-electron chi connectivity index (χ2n) is 4.93. The van der Waals surface area contributed by atoms with Crippen molar-refractivity contribution in [1.82, 2.24) is 4.90 Å². The lowest BCUT2D eigenvalue weighted by molar-refractivity contribution is 0.0787. The summed E-state index contributed by atoms with van der Waals surface area (Å²) in [5.41, 5.74) is 4.09. The molecule has 3 heteroatoms. The number of benzene rings is 2. The first-order chi connectivity index (χ1) is 9.16. The highest BCUT2D eigenvalue weighted by atomic mass is 16.2. The normalized spacial score (nSPS) is 14.5. The number of anilines is 2. The van der Waals surface area contributed by atoms with E-state index in [1.54, 1.807) is 4.90 Å². The van der Waals surface area contributed by atoms with Crippen molar-refractivity contribution >= 4 is 17.3 Å². The average Bonchev–Trinajstić information content (AvgIpc) is 2.44. The molecule has 1 aliphatic heterocycles. The monoisotopic (exact) mass is 252 g/mol. The molecule has 96 valence electrons. The van der Waals surface area contributed by atoms with E-state index in [4.69, 9.17) is 0 Å². The standard InChI is InChI=1S/C16H16N2O/c1-12-7-9-13(10-8-12)18-11-17(2)16(19)14-5-3-4-6-15(14)18/h3-10H,11H2,1-2H3. The topological polar surface area (TPSA) is 23.6 Å². The zero-order valence-electron chi connectivity index (χ0n) is 11.1. The molecule has 2 aromatic rings. The number of rotatable bonds is 1. The van der Waals surface area contributed by atoms with E-state index in [1.165, 1.54) is 5.56 Å². The van der Waals surface area contributed by atoms with Crippen LogP contribution in [-0.4, -0.2) is 24.5 Å². The van der Waals surface area contributed by atoms with Crippen molar-refractivity contribution in [3.8, 4) is 0 Å². The molecule has 0 bridgehead atoms. The van der Waals surface area contributed by atoms with Crippen molar-refractivity contribution in [2.24, 2.45) is 0 Å². The Bertz CT molecular complexity index is 619. The molecule has 0 spiro atoms. The molecule has 0 N–H and O–H groups in total. The van der Waals surface area contributed by atoms with Gasteiger partial charge in [-0.1, -0.05) is 29.8 Å². The second kappa shape index (κ2) is 4.43. The SMILES string of the molecule is Cc1ccc(N2CN(C)C(=O)c3ccccc32)cc1. The lowest BCUT2D eigenvalue weighted by Gasteiger charge is -2.36. The summed E-state index contributed by atoms with van der Waals surface area (Å²) in [4.78, 5) is 16.0. The maximum atomic E-state index is 12.1. The lowest BCUT2D eigenvalue weighted by atomic mass is 10.1. The van der Waals surface area contributed by atoms with E-state index in [-0.39, 0.29) is 5.91 Å². The number of amides is 1. The van der Waals surface area contributed by atoms with Crippen molar-refractivity contribution in [2.75, 3.05) is 18.6 Å². The van der Waals surface area contributed by atoms with Crippen LogP contribution in [-0.2, 0) is 0 Å². The number of fused-ring (bicyclic) bond motifs is 1. The maximum absolute atomic E-state index is 12.1. The van der Waals surface area contributed by atoms with Crippen LogP contribution in [0.5, 0.6) is 0 Å². The number of para-hydroxylation sites is 1. The molecule has 1 amide bonds. The minimum Gasteiger partial charge on any atom is -0.324 e. The summed E-state index contributed by atoms with van der Waals surface area (Å²) in [6.45, 7) is 2.66. The molecule has 1 heterocycles. The van der Waals surface area contributed by atoms with Crippen molar-refractivity contribution < 1.29 is 4.79 Å². The molecule has 0 fully saturated rings. The van der Waals surface area contributed by atoms with E-state index >= 15 is 0 Å². The fraction of sp³-hybridized carbons (Fsp3) is 0.188. The van der Waals surface area contributed by atoms with E-state index in [1.807, 2.05) is 31.3 Å². The minimum atomic E-state index is 0.0824. The molecule has 0 aliphatic carbocycles. The van der Waals surface area contributed by atoms with Crippen LogP contribution in [0.2, 0.25) is 0 Å². The Labute approximate surface area is 113 Å². The van der Waals surface area contributed by atoms with Crippen molar-refractivity contribution in [3.05, 3.63) is 59.7 Å². The first-order valence-electron chi connectivity index (χ1n) is 6.35. The molecule has 1 aliphatic rings. The smallest absolute Gasteiger partial charge is 0.257 e. The number of hydrogen-bond donors (Lipinski definition) is 0. The van der Waals surface area contributed by atoms with Gasteiger partial charge in [-0.15, -0.1) is 0 Å². The van der Waals surface area contributed by atoms with Crippen molar-refractivity contribution in [1.29, 1.82) is 0 Å². The number of carbonyl (C=O) groups excluding carboxylic acids is 1. The zero-order valence-corrected chi connectivity index (χ0v) is 11.1. The molecule has 0 aromatic heterocycles. The Morgan fingerprint density at radius 1 is 1.00 bits per heavy atom. The first kappa shape index (κ1) is 11.8. The number of hydrogen-bond acceptors (Lipinski definition) is 2. The molecule has 3 rings (SSSR count). The fourth-order valence-electron chi connectivity index (χ4n) is 2.39. The molecule has 0 saturated carbocycles.